The van der Waals surface area contributed by atoms with Crippen molar-refractivity contribution in [2.75, 3.05) is 13.7 Å². The van der Waals surface area contributed by atoms with Crippen LogP contribution >= 0.6 is 11.6 Å². The average molecular weight is 482 g/mol. The molecule has 1 aliphatic heterocycles. The first-order chi connectivity index (χ1) is 16.4. The molecule has 9 heteroatoms. The fourth-order valence-corrected chi connectivity index (χ4v) is 4.20. The summed E-state index contributed by atoms with van der Waals surface area (Å²) < 4.78 is 10.9. The molecular formula is C25H24ClN3O5. The highest BCUT2D eigenvalue weighted by Gasteiger charge is 2.35. The molecule has 0 fully saturated rings. The number of carbonyl (C=O) groups excluding carboxylic acids is 1. The van der Waals surface area contributed by atoms with Crippen molar-refractivity contribution in [2.24, 2.45) is 5.10 Å². The summed E-state index contributed by atoms with van der Waals surface area (Å²) in [6, 6.07) is 14.3. The summed E-state index contributed by atoms with van der Waals surface area (Å²) in [4.78, 5) is 28.6. The Bertz CT molecular complexity index is 1280. The molecule has 0 spiro atoms. The van der Waals surface area contributed by atoms with Crippen LogP contribution in [0.3, 0.4) is 0 Å². The maximum atomic E-state index is 13.0. The number of carbonyl (C=O) groups is 2. The molecule has 1 amide bonds. The van der Waals surface area contributed by atoms with E-state index in [0.717, 1.165) is 10.9 Å². The van der Waals surface area contributed by atoms with Crippen molar-refractivity contribution in [1.29, 1.82) is 0 Å². The highest BCUT2D eigenvalue weighted by atomic mass is 35.5. The van der Waals surface area contributed by atoms with Crippen LogP contribution in [0.5, 0.6) is 11.5 Å². The van der Waals surface area contributed by atoms with Gasteiger partial charge in [-0.15, -0.1) is 0 Å². The van der Waals surface area contributed by atoms with Crippen LogP contribution in [-0.4, -0.2) is 46.4 Å². The molecular weight excluding hydrogens is 458 g/mol. The fourth-order valence-electron chi connectivity index (χ4n) is 3.93. The number of amides is 1. The number of benzene rings is 2. The number of halogens is 1. The van der Waals surface area contributed by atoms with Crippen molar-refractivity contribution in [3.8, 4) is 11.5 Å². The van der Waals surface area contributed by atoms with Gasteiger partial charge in [0, 0.05) is 29.4 Å². The monoisotopic (exact) mass is 481 g/mol. The first-order valence-electron chi connectivity index (χ1n) is 10.9. The van der Waals surface area contributed by atoms with Gasteiger partial charge in [0.15, 0.2) is 0 Å². The Balaban J connectivity index is 1.74. The Hall–Kier alpha value is -3.65. The van der Waals surface area contributed by atoms with Crippen molar-refractivity contribution >= 4 is 40.1 Å². The molecule has 0 radical (unpaired) electrons. The van der Waals surface area contributed by atoms with E-state index in [0.29, 0.717) is 41.3 Å². The lowest BCUT2D eigenvalue weighted by molar-refractivity contribution is -0.141. The van der Waals surface area contributed by atoms with Crippen LogP contribution in [0.2, 0.25) is 5.15 Å². The fraction of sp³-hybridized carbons (Fsp3) is 0.280. The van der Waals surface area contributed by atoms with Crippen LogP contribution in [0, 0.1) is 0 Å². The summed E-state index contributed by atoms with van der Waals surface area (Å²) in [6.07, 6.45) is -0.0641. The Labute approximate surface area is 201 Å². The SMILES string of the molecule is CCOc1ccc2nc(Cl)c(C3CC(c4cccc(OC)c4)=NN3C(=O)CCC(=O)O)cc2c1. The Kier molecular flexibility index (Phi) is 6.98. The number of hydrogen-bond donors (Lipinski definition) is 1. The van der Waals surface area contributed by atoms with Crippen molar-refractivity contribution < 1.29 is 24.2 Å². The molecule has 1 aromatic heterocycles. The number of rotatable bonds is 8. The van der Waals surface area contributed by atoms with E-state index in [2.05, 4.69) is 10.1 Å². The van der Waals surface area contributed by atoms with Crippen LogP contribution in [0.4, 0.5) is 0 Å². The number of carboxylic acids is 1. The molecule has 1 N–H and O–H groups in total. The largest absolute Gasteiger partial charge is 0.497 e. The molecule has 0 aliphatic carbocycles. The molecule has 0 bridgehead atoms. The lowest BCUT2D eigenvalue weighted by Gasteiger charge is -2.23. The van der Waals surface area contributed by atoms with Gasteiger partial charge in [-0.1, -0.05) is 23.7 Å². The second kappa shape index (κ2) is 10.1. The van der Waals surface area contributed by atoms with E-state index in [9.17, 15) is 9.59 Å². The standard InChI is InChI=1S/C25H24ClN3O5/c1-3-34-18-7-8-20-16(12-18)13-19(25(26)27-20)22-14-21(15-5-4-6-17(11-15)33-2)28-29(22)23(30)9-10-24(31)32/h4-8,11-13,22H,3,9-10,14H2,1-2H3,(H,31,32). The van der Waals surface area contributed by atoms with E-state index < -0.39 is 17.9 Å². The molecule has 2 aromatic carbocycles. The summed E-state index contributed by atoms with van der Waals surface area (Å²) in [6.45, 7) is 2.44. The normalized spacial score (nSPS) is 15.3. The van der Waals surface area contributed by atoms with Gasteiger partial charge >= 0.3 is 5.97 Å². The average Bonchev–Trinajstić information content (AvgIpc) is 3.28. The van der Waals surface area contributed by atoms with E-state index in [1.165, 1.54) is 5.01 Å². The van der Waals surface area contributed by atoms with E-state index >= 15 is 0 Å². The van der Waals surface area contributed by atoms with E-state index in [-0.39, 0.29) is 18.0 Å². The van der Waals surface area contributed by atoms with Gasteiger partial charge in [0.05, 0.1) is 37.4 Å². The van der Waals surface area contributed by atoms with Crippen molar-refractivity contribution in [3.05, 3.63) is 64.8 Å². The summed E-state index contributed by atoms with van der Waals surface area (Å²) in [5.41, 5.74) is 2.81. The zero-order chi connectivity index (χ0) is 24.2. The maximum absolute atomic E-state index is 13.0. The maximum Gasteiger partial charge on any atom is 0.303 e. The molecule has 4 rings (SSSR count). The number of fused-ring (bicyclic) bond motifs is 1. The lowest BCUT2D eigenvalue weighted by atomic mass is 9.98. The number of ether oxygens (including phenoxy) is 2. The number of hydrogen-bond acceptors (Lipinski definition) is 6. The van der Waals surface area contributed by atoms with Gasteiger partial charge in [-0.3, -0.25) is 9.59 Å². The van der Waals surface area contributed by atoms with Gasteiger partial charge in [-0.25, -0.2) is 9.99 Å². The number of nitrogens with zero attached hydrogens (tertiary/aromatic N) is 3. The van der Waals surface area contributed by atoms with Crippen molar-refractivity contribution in [1.82, 2.24) is 9.99 Å². The summed E-state index contributed by atoms with van der Waals surface area (Å²) in [5, 5.41) is 16.0. The Morgan fingerprint density at radius 1 is 1.15 bits per heavy atom. The topological polar surface area (TPSA) is 101 Å². The first kappa shape index (κ1) is 23.5. The Morgan fingerprint density at radius 2 is 1.97 bits per heavy atom. The molecule has 2 heterocycles. The summed E-state index contributed by atoms with van der Waals surface area (Å²) >= 11 is 6.58. The van der Waals surface area contributed by atoms with Crippen LogP contribution in [0.15, 0.2) is 53.6 Å². The molecule has 8 nitrogen and oxygen atoms in total. The molecule has 34 heavy (non-hydrogen) atoms. The van der Waals surface area contributed by atoms with Gasteiger partial charge in [-0.2, -0.15) is 5.10 Å². The number of pyridine rings is 1. The third kappa shape index (κ3) is 4.97. The third-order valence-corrected chi connectivity index (χ3v) is 5.86. The number of hydrazone groups is 1. The molecule has 1 aliphatic rings. The van der Waals surface area contributed by atoms with E-state index in [4.69, 9.17) is 26.2 Å². The van der Waals surface area contributed by atoms with E-state index in [1.807, 2.05) is 55.5 Å². The number of methoxy groups -OCH3 is 1. The number of aromatic nitrogens is 1. The number of aliphatic carboxylic acids is 1. The van der Waals surface area contributed by atoms with Gasteiger partial charge in [0.2, 0.25) is 5.91 Å². The number of carboxylic acid groups (broad SMARTS) is 1. The van der Waals surface area contributed by atoms with Gasteiger partial charge < -0.3 is 14.6 Å². The zero-order valence-corrected chi connectivity index (χ0v) is 19.6. The second-order valence-corrected chi connectivity index (χ2v) is 8.14. The third-order valence-electron chi connectivity index (χ3n) is 5.56. The minimum atomic E-state index is -1.05. The smallest absolute Gasteiger partial charge is 0.303 e. The van der Waals surface area contributed by atoms with Gasteiger partial charge in [-0.05, 0) is 43.3 Å². The Morgan fingerprint density at radius 3 is 2.71 bits per heavy atom. The van der Waals surface area contributed by atoms with Crippen LogP contribution in [-0.2, 0) is 9.59 Å². The highest BCUT2D eigenvalue weighted by Crippen LogP contribution is 2.38. The summed E-state index contributed by atoms with van der Waals surface area (Å²) in [5.74, 6) is -0.0695. The molecule has 176 valence electrons. The molecule has 3 aromatic rings. The van der Waals surface area contributed by atoms with Crippen LogP contribution < -0.4 is 9.47 Å². The first-order valence-corrected chi connectivity index (χ1v) is 11.3. The van der Waals surface area contributed by atoms with Crippen molar-refractivity contribution in [2.45, 2.75) is 32.2 Å². The molecule has 1 unspecified atom stereocenters. The summed E-state index contributed by atoms with van der Waals surface area (Å²) in [7, 11) is 1.58. The lowest BCUT2D eigenvalue weighted by Crippen LogP contribution is -2.27. The minimum absolute atomic E-state index is 0.173. The van der Waals surface area contributed by atoms with E-state index in [1.54, 1.807) is 7.11 Å². The predicted molar refractivity (Wildman–Crippen MR) is 129 cm³/mol. The minimum Gasteiger partial charge on any atom is -0.497 e. The van der Waals surface area contributed by atoms with Crippen molar-refractivity contribution in [3.63, 3.8) is 0 Å². The van der Waals surface area contributed by atoms with Crippen LogP contribution in [0.1, 0.15) is 43.4 Å². The zero-order valence-electron chi connectivity index (χ0n) is 18.8. The van der Waals surface area contributed by atoms with Gasteiger partial charge in [0.1, 0.15) is 16.7 Å². The van der Waals surface area contributed by atoms with Gasteiger partial charge in [0.25, 0.3) is 0 Å². The molecule has 0 saturated carbocycles. The van der Waals surface area contributed by atoms with Crippen LogP contribution in [0.25, 0.3) is 10.9 Å². The second-order valence-electron chi connectivity index (χ2n) is 7.79. The predicted octanol–water partition coefficient (Wildman–Crippen LogP) is 4.84. The quantitative estimate of drug-likeness (QED) is 0.462. The highest BCUT2D eigenvalue weighted by molar-refractivity contribution is 6.30. The molecule has 0 saturated heterocycles. The molecule has 1 atom stereocenters.